The Labute approximate surface area is 125 Å². The lowest BCUT2D eigenvalue weighted by atomic mass is 9.80. The summed E-state index contributed by atoms with van der Waals surface area (Å²) in [7, 11) is -4.55. The quantitative estimate of drug-likeness (QED) is 0.507. The van der Waals surface area contributed by atoms with Crippen LogP contribution in [0.3, 0.4) is 0 Å². The molecule has 3 rings (SSSR count). The molecular formula is C11H14N4O6S. The van der Waals surface area contributed by atoms with Crippen LogP contribution >= 0.6 is 0 Å². The summed E-state index contributed by atoms with van der Waals surface area (Å²) in [6.07, 6.45) is 2.74. The van der Waals surface area contributed by atoms with Gasteiger partial charge in [-0.2, -0.15) is 8.42 Å². The highest BCUT2D eigenvalue weighted by Gasteiger charge is 2.69. The van der Waals surface area contributed by atoms with E-state index < -0.39 is 44.7 Å². The lowest BCUT2D eigenvalue weighted by Crippen LogP contribution is -2.57. The molecule has 0 spiro atoms. The van der Waals surface area contributed by atoms with Gasteiger partial charge in [-0.3, -0.25) is 14.0 Å². The first kappa shape index (κ1) is 14.9. The molecule has 1 amide bonds. The number of carboxylic acid groups (broad SMARTS) is 1. The second kappa shape index (κ2) is 4.49. The Bertz CT molecular complexity index is 732. The molecule has 4 atom stereocenters. The first-order valence-electron chi connectivity index (χ1n) is 6.50. The number of rotatable bonds is 4. The third-order valence-corrected chi connectivity index (χ3v) is 5.96. The van der Waals surface area contributed by atoms with E-state index in [1.54, 1.807) is 0 Å². The molecule has 2 aliphatic heterocycles. The van der Waals surface area contributed by atoms with Gasteiger partial charge in [-0.05, 0) is 0 Å². The maximum absolute atomic E-state index is 11.8. The highest BCUT2D eigenvalue weighted by Crippen LogP contribution is 2.50. The van der Waals surface area contributed by atoms with Gasteiger partial charge in [-0.15, -0.1) is 5.10 Å². The van der Waals surface area contributed by atoms with Gasteiger partial charge in [0.25, 0.3) is 10.1 Å². The molecule has 11 heteroatoms. The number of hydrogen-bond donors (Lipinski definition) is 2. The van der Waals surface area contributed by atoms with Gasteiger partial charge in [0, 0.05) is 18.0 Å². The van der Waals surface area contributed by atoms with Crippen molar-refractivity contribution in [3.63, 3.8) is 0 Å². The number of β-lactam (4-membered cyclic amide) rings is 1. The molecule has 22 heavy (non-hydrogen) atoms. The number of carbonyl (C=O) groups is 2. The minimum absolute atomic E-state index is 0.0960. The van der Waals surface area contributed by atoms with E-state index in [0.717, 1.165) is 4.90 Å². The van der Waals surface area contributed by atoms with Gasteiger partial charge in [-0.25, -0.2) is 4.79 Å². The summed E-state index contributed by atoms with van der Waals surface area (Å²) in [4.78, 5) is 24.4. The Hall–Kier alpha value is -2.01. The Morgan fingerprint density at radius 2 is 2.23 bits per heavy atom. The molecule has 120 valence electrons. The maximum Gasteiger partial charge on any atom is 0.327 e. The molecule has 0 bridgehead atoms. The van der Waals surface area contributed by atoms with E-state index in [2.05, 4.69) is 10.3 Å². The van der Waals surface area contributed by atoms with Crippen LogP contribution in [0.5, 0.6) is 0 Å². The summed E-state index contributed by atoms with van der Waals surface area (Å²) in [5.41, 5.74) is -1.43. The fourth-order valence-corrected chi connectivity index (χ4v) is 5.25. The maximum atomic E-state index is 11.8. The van der Waals surface area contributed by atoms with Gasteiger partial charge in [0.15, 0.2) is 0 Å². The van der Waals surface area contributed by atoms with Crippen LogP contribution in [-0.2, 0) is 26.3 Å². The largest absolute Gasteiger partial charge is 0.480 e. The molecule has 0 saturated carbocycles. The van der Waals surface area contributed by atoms with E-state index in [9.17, 15) is 27.7 Å². The molecule has 2 N–H and O–H groups in total. The highest BCUT2D eigenvalue weighted by atomic mass is 32.2. The van der Waals surface area contributed by atoms with Gasteiger partial charge < -0.3 is 10.0 Å². The number of carboxylic acids is 1. The minimum Gasteiger partial charge on any atom is -0.480 e. The van der Waals surface area contributed by atoms with E-state index in [1.165, 1.54) is 24.0 Å². The molecule has 1 aromatic heterocycles. The van der Waals surface area contributed by atoms with Crippen molar-refractivity contribution in [3.05, 3.63) is 12.4 Å². The van der Waals surface area contributed by atoms with Gasteiger partial charge in [0.1, 0.15) is 11.3 Å². The third kappa shape index (κ3) is 1.92. The number of hydrogen-bond acceptors (Lipinski definition) is 6. The lowest BCUT2D eigenvalue weighted by Gasteiger charge is -2.38. The molecule has 4 unspecified atom stereocenters. The van der Waals surface area contributed by atoms with Crippen LogP contribution in [0.15, 0.2) is 12.4 Å². The Morgan fingerprint density at radius 3 is 2.68 bits per heavy atom. The second-order valence-electron chi connectivity index (χ2n) is 5.86. The van der Waals surface area contributed by atoms with Crippen molar-refractivity contribution in [2.24, 2.45) is 5.41 Å². The summed E-state index contributed by atoms with van der Waals surface area (Å²) in [6.45, 7) is 1.33. The average Bonchev–Trinajstić information content (AvgIpc) is 2.91. The summed E-state index contributed by atoms with van der Waals surface area (Å²) < 4.78 is 34.5. The molecule has 2 fully saturated rings. The smallest absolute Gasteiger partial charge is 0.327 e. The van der Waals surface area contributed by atoms with E-state index >= 15 is 0 Å². The fraction of sp³-hybridized carbons (Fsp3) is 0.636. The van der Waals surface area contributed by atoms with Gasteiger partial charge in [0.2, 0.25) is 5.91 Å². The van der Waals surface area contributed by atoms with Crippen molar-refractivity contribution in [2.75, 3.05) is 0 Å². The zero-order valence-corrected chi connectivity index (χ0v) is 12.3. The van der Waals surface area contributed by atoms with Crippen LogP contribution < -0.4 is 0 Å². The molecule has 2 saturated heterocycles. The number of carbonyl (C=O) groups excluding carboxylic acids is 1. The number of nitrogens with zero attached hydrogens (tertiary/aromatic N) is 4. The first-order valence-corrected chi connectivity index (χ1v) is 8.01. The predicted octanol–water partition coefficient (Wildman–Crippen LogP) is -1.39. The highest BCUT2D eigenvalue weighted by molar-refractivity contribution is 7.86. The Kier molecular flexibility index (Phi) is 3.04. The van der Waals surface area contributed by atoms with Crippen LogP contribution in [0, 0.1) is 5.41 Å². The molecule has 3 heterocycles. The lowest BCUT2D eigenvalue weighted by molar-refractivity contribution is -0.159. The molecule has 2 aliphatic rings. The summed E-state index contributed by atoms with van der Waals surface area (Å²) in [5.74, 6) is -1.75. The van der Waals surface area contributed by atoms with Crippen LogP contribution in [0.2, 0.25) is 0 Å². The zero-order chi connectivity index (χ0) is 16.3. The van der Waals surface area contributed by atoms with Crippen LogP contribution in [0.4, 0.5) is 0 Å². The first-order chi connectivity index (χ1) is 10.2. The Morgan fingerprint density at radius 1 is 1.55 bits per heavy atom. The predicted molar refractivity (Wildman–Crippen MR) is 70.1 cm³/mol. The van der Waals surface area contributed by atoms with Crippen LogP contribution in [-0.4, -0.2) is 67.2 Å². The normalized spacial score (nSPS) is 34.4. The Balaban J connectivity index is 2.11. The van der Waals surface area contributed by atoms with Crippen molar-refractivity contribution in [1.82, 2.24) is 19.9 Å². The number of aromatic nitrogens is 3. The molecular weight excluding hydrogens is 316 g/mol. The van der Waals surface area contributed by atoms with Gasteiger partial charge in [0.05, 0.1) is 18.8 Å². The van der Waals surface area contributed by atoms with Crippen molar-refractivity contribution >= 4 is 22.0 Å². The van der Waals surface area contributed by atoms with Crippen LogP contribution in [0.25, 0.3) is 0 Å². The third-order valence-electron chi connectivity index (χ3n) is 4.46. The summed E-state index contributed by atoms with van der Waals surface area (Å²) in [6, 6.07) is -2.19. The molecule has 1 aromatic rings. The molecule has 10 nitrogen and oxygen atoms in total. The van der Waals surface area contributed by atoms with Crippen molar-refractivity contribution in [1.29, 1.82) is 0 Å². The molecule has 0 aromatic carbocycles. The van der Waals surface area contributed by atoms with Crippen molar-refractivity contribution in [2.45, 2.75) is 37.2 Å². The topological polar surface area (TPSA) is 143 Å². The van der Waals surface area contributed by atoms with E-state index in [1.807, 2.05) is 0 Å². The van der Waals surface area contributed by atoms with Gasteiger partial charge in [-0.1, -0.05) is 12.1 Å². The number of amides is 1. The minimum atomic E-state index is -4.55. The molecule has 0 aliphatic carbocycles. The fourth-order valence-electron chi connectivity index (χ4n) is 3.74. The second-order valence-corrected chi connectivity index (χ2v) is 7.39. The standard InChI is InChI=1S/C11H14N4O6S/c1-11(5-14-3-2-12-13-14)8(10(17)18)15-6(4-7(15)16)9(11)22(19,20)21/h2-3,6,8-9H,4-5H2,1H3,(H,17,18)(H,19,20,21). The summed E-state index contributed by atoms with van der Waals surface area (Å²) >= 11 is 0. The van der Waals surface area contributed by atoms with E-state index in [-0.39, 0.29) is 13.0 Å². The molecule has 0 radical (unpaired) electrons. The summed E-state index contributed by atoms with van der Waals surface area (Å²) in [5, 5.41) is 15.4. The average molecular weight is 330 g/mol. The van der Waals surface area contributed by atoms with E-state index in [0.29, 0.717) is 0 Å². The number of aliphatic carboxylic acids is 1. The zero-order valence-electron chi connectivity index (χ0n) is 11.5. The monoisotopic (exact) mass is 330 g/mol. The van der Waals surface area contributed by atoms with Crippen LogP contribution in [0.1, 0.15) is 13.3 Å². The van der Waals surface area contributed by atoms with Crippen molar-refractivity contribution < 1.29 is 27.7 Å². The van der Waals surface area contributed by atoms with Crippen molar-refractivity contribution in [3.8, 4) is 0 Å². The van der Waals surface area contributed by atoms with Gasteiger partial charge >= 0.3 is 5.97 Å². The SMILES string of the molecule is CC1(Cn2ccnn2)C(C(=O)O)N2C(=O)CC2C1S(=O)(=O)O. The number of fused-ring (bicyclic) bond motifs is 1. The van der Waals surface area contributed by atoms with E-state index in [4.69, 9.17) is 0 Å².